The van der Waals surface area contributed by atoms with Crippen LogP contribution in [0.1, 0.15) is 23.1 Å². The van der Waals surface area contributed by atoms with Gasteiger partial charge in [0.05, 0.1) is 5.02 Å². The molecule has 3 heteroatoms. The van der Waals surface area contributed by atoms with Crippen LogP contribution in [-0.2, 0) is 6.42 Å². The van der Waals surface area contributed by atoms with Gasteiger partial charge in [0.25, 0.3) is 0 Å². The Morgan fingerprint density at radius 1 is 0.839 bits per heavy atom. The Hall–Kier alpha value is -3.41. The molecule has 0 heterocycles. The summed E-state index contributed by atoms with van der Waals surface area (Å²) in [6.45, 7) is 3.74. The highest BCUT2D eigenvalue weighted by Crippen LogP contribution is 2.31. The van der Waals surface area contributed by atoms with Crippen molar-refractivity contribution in [2.24, 2.45) is 0 Å². The third-order valence-corrected chi connectivity index (χ3v) is 5.43. The lowest BCUT2D eigenvalue weighted by Gasteiger charge is -2.08. The average molecular weight is 429 g/mol. The molecule has 0 radical (unpaired) electrons. The van der Waals surface area contributed by atoms with E-state index in [0.29, 0.717) is 16.5 Å². The largest absolute Gasteiger partial charge is 0.206 e. The van der Waals surface area contributed by atoms with E-state index in [1.54, 1.807) is 24.3 Å². The molecule has 0 saturated heterocycles. The third-order valence-electron chi connectivity index (χ3n) is 5.13. The number of fused-ring (bicyclic) bond motifs is 1. The van der Waals surface area contributed by atoms with E-state index in [2.05, 4.69) is 30.6 Å². The molecule has 4 aromatic rings. The summed E-state index contributed by atoms with van der Waals surface area (Å²) in [5.74, 6) is 5.33. The number of hydrogen-bond acceptors (Lipinski definition) is 0. The summed E-state index contributed by atoms with van der Waals surface area (Å²) in [5.41, 5.74) is 3.75. The molecule has 0 spiro atoms. The highest BCUT2D eigenvalue weighted by atomic mass is 35.5. The van der Waals surface area contributed by atoms with Gasteiger partial charge in [0, 0.05) is 22.1 Å². The summed E-state index contributed by atoms with van der Waals surface area (Å²) >= 11 is 5.74. The molecule has 0 unspecified atom stereocenters. The van der Waals surface area contributed by atoms with Gasteiger partial charge in [-0.05, 0) is 65.8 Å². The van der Waals surface area contributed by atoms with E-state index in [9.17, 15) is 4.39 Å². The summed E-state index contributed by atoms with van der Waals surface area (Å²) in [6, 6.07) is 21.3. The molecule has 0 atom stereocenters. The topological polar surface area (TPSA) is 0 Å². The lowest BCUT2D eigenvalue weighted by atomic mass is 9.99. The molecule has 0 bridgehead atoms. The minimum absolute atomic E-state index is 0.0135. The van der Waals surface area contributed by atoms with E-state index in [1.807, 2.05) is 30.3 Å². The Balaban J connectivity index is 1.61. The maximum atomic E-state index is 15.1. The molecule has 0 nitrogen and oxygen atoms in total. The van der Waals surface area contributed by atoms with Gasteiger partial charge in [-0.3, -0.25) is 0 Å². The number of hydrogen-bond donors (Lipinski definition) is 0. The first-order chi connectivity index (χ1) is 15.0. The average Bonchev–Trinajstić information content (AvgIpc) is 2.79. The van der Waals surface area contributed by atoms with Gasteiger partial charge in [-0.15, -0.1) is 6.58 Å². The summed E-state index contributed by atoms with van der Waals surface area (Å²) in [4.78, 5) is 0. The first kappa shape index (κ1) is 20.8. The number of aryl methyl sites for hydroxylation is 1. The van der Waals surface area contributed by atoms with Gasteiger partial charge >= 0.3 is 0 Å². The van der Waals surface area contributed by atoms with Crippen molar-refractivity contribution in [3.8, 4) is 23.0 Å². The SMILES string of the molecule is C=CCCc1ccc(C#Cc2ccc3c(F)c(-c4ccc(Cl)c(F)c4)ccc3c2)cc1. The van der Waals surface area contributed by atoms with Crippen LogP contribution < -0.4 is 0 Å². The summed E-state index contributed by atoms with van der Waals surface area (Å²) in [6.07, 6.45) is 3.83. The van der Waals surface area contributed by atoms with Gasteiger partial charge in [0.1, 0.15) is 11.6 Å². The maximum absolute atomic E-state index is 15.1. The Bertz CT molecular complexity index is 1330. The zero-order valence-corrected chi connectivity index (χ0v) is 17.5. The molecule has 0 amide bonds. The smallest absolute Gasteiger partial charge is 0.142 e. The fourth-order valence-electron chi connectivity index (χ4n) is 3.42. The molecule has 0 N–H and O–H groups in total. The van der Waals surface area contributed by atoms with E-state index in [1.165, 1.54) is 17.7 Å². The monoisotopic (exact) mass is 428 g/mol. The number of rotatable bonds is 4. The molecular formula is C28H19ClF2. The van der Waals surface area contributed by atoms with Crippen LogP contribution in [0.3, 0.4) is 0 Å². The van der Waals surface area contributed by atoms with Crippen molar-refractivity contribution >= 4 is 22.4 Å². The quantitative estimate of drug-likeness (QED) is 0.228. The van der Waals surface area contributed by atoms with E-state index >= 15 is 4.39 Å². The first-order valence-electron chi connectivity index (χ1n) is 9.95. The Kier molecular flexibility index (Phi) is 6.16. The van der Waals surface area contributed by atoms with Gasteiger partial charge in [-0.1, -0.05) is 65.9 Å². The first-order valence-corrected chi connectivity index (χ1v) is 10.3. The summed E-state index contributed by atoms with van der Waals surface area (Å²) in [7, 11) is 0. The fraction of sp³-hybridized carbons (Fsp3) is 0.0714. The predicted molar refractivity (Wildman–Crippen MR) is 125 cm³/mol. The minimum atomic E-state index is -0.571. The van der Waals surface area contributed by atoms with Crippen molar-refractivity contribution in [1.29, 1.82) is 0 Å². The van der Waals surface area contributed by atoms with Crippen LogP contribution >= 0.6 is 11.6 Å². The van der Waals surface area contributed by atoms with Crippen LogP contribution in [0.4, 0.5) is 8.78 Å². The maximum Gasteiger partial charge on any atom is 0.142 e. The van der Waals surface area contributed by atoms with Gasteiger partial charge in [-0.2, -0.15) is 0 Å². The highest BCUT2D eigenvalue weighted by molar-refractivity contribution is 6.30. The van der Waals surface area contributed by atoms with Crippen molar-refractivity contribution in [3.05, 3.63) is 119 Å². The lowest BCUT2D eigenvalue weighted by molar-refractivity contribution is 0.627. The second-order valence-corrected chi connectivity index (χ2v) is 7.67. The van der Waals surface area contributed by atoms with Crippen LogP contribution in [0, 0.1) is 23.5 Å². The molecule has 0 fully saturated rings. The molecular weight excluding hydrogens is 410 g/mol. The molecule has 0 aliphatic rings. The van der Waals surface area contributed by atoms with Crippen LogP contribution in [0.25, 0.3) is 21.9 Å². The number of benzene rings is 4. The lowest BCUT2D eigenvalue weighted by Crippen LogP contribution is -1.89. The number of allylic oxidation sites excluding steroid dienone is 1. The van der Waals surface area contributed by atoms with Crippen LogP contribution in [0.2, 0.25) is 5.02 Å². The second-order valence-electron chi connectivity index (χ2n) is 7.27. The van der Waals surface area contributed by atoms with Gasteiger partial charge in [0.15, 0.2) is 0 Å². The van der Waals surface area contributed by atoms with Crippen molar-refractivity contribution in [2.45, 2.75) is 12.8 Å². The molecule has 4 aromatic carbocycles. The summed E-state index contributed by atoms with van der Waals surface area (Å²) in [5, 5.41) is 1.21. The Labute approximate surface area is 185 Å². The minimum Gasteiger partial charge on any atom is -0.206 e. The van der Waals surface area contributed by atoms with E-state index in [0.717, 1.165) is 29.4 Å². The van der Waals surface area contributed by atoms with Crippen LogP contribution in [-0.4, -0.2) is 0 Å². The van der Waals surface area contributed by atoms with E-state index in [-0.39, 0.29) is 5.02 Å². The van der Waals surface area contributed by atoms with Crippen LogP contribution in [0.15, 0.2) is 85.5 Å². The molecule has 0 aromatic heterocycles. The van der Waals surface area contributed by atoms with E-state index < -0.39 is 11.6 Å². The van der Waals surface area contributed by atoms with Crippen molar-refractivity contribution in [2.75, 3.05) is 0 Å². The van der Waals surface area contributed by atoms with Crippen molar-refractivity contribution in [1.82, 2.24) is 0 Å². The highest BCUT2D eigenvalue weighted by Gasteiger charge is 2.11. The number of halogens is 3. The van der Waals surface area contributed by atoms with Crippen LogP contribution in [0.5, 0.6) is 0 Å². The zero-order valence-electron chi connectivity index (χ0n) is 16.8. The van der Waals surface area contributed by atoms with Crippen molar-refractivity contribution < 1.29 is 8.78 Å². The van der Waals surface area contributed by atoms with Crippen molar-refractivity contribution in [3.63, 3.8) is 0 Å². The second kappa shape index (κ2) is 9.16. The predicted octanol–water partition coefficient (Wildman–Crippen LogP) is 7.96. The normalized spacial score (nSPS) is 10.5. The molecule has 0 aliphatic carbocycles. The third kappa shape index (κ3) is 4.68. The molecule has 152 valence electrons. The molecule has 4 rings (SSSR count). The van der Waals surface area contributed by atoms with E-state index in [4.69, 9.17) is 11.6 Å². The summed E-state index contributed by atoms with van der Waals surface area (Å²) < 4.78 is 28.9. The van der Waals surface area contributed by atoms with Gasteiger partial charge in [-0.25, -0.2) is 8.78 Å². The molecule has 0 saturated carbocycles. The van der Waals surface area contributed by atoms with Gasteiger partial charge < -0.3 is 0 Å². The van der Waals surface area contributed by atoms with Gasteiger partial charge in [0.2, 0.25) is 0 Å². The fourth-order valence-corrected chi connectivity index (χ4v) is 3.54. The Morgan fingerprint density at radius 3 is 2.32 bits per heavy atom. The Morgan fingerprint density at radius 2 is 1.58 bits per heavy atom. The molecule has 31 heavy (non-hydrogen) atoms. The molecule has 0 aliphatic heterocycles. The zero-order chi connectivity index (χ0) is 21.8. The standard InChI is InChI=1S/C28H19ClF2/c1-2-3-4-19-5-7-20(8-6-19)9-10-21-11-14-24-22(17-21)12-15-25(28(24)31)23-13-16-26(29)27(30)18-23/h2,5-8,11-18H,1,3-4H2.